The predicted molar refractivity (Wildman–Crippen MR) is 81.1 cm³/mol. The number of nitrogens with two attached hydrogens (primary N) is 1. The Labute approximate surface area is 125 Å². The van der Waals surface area contributed by atoms with E-state index >= 15 is 0 Å². The highest BCUT2D eigenvalue weighted by molar-refractivity contribution is 5.27. The molecule has 2 rings (SSSR count). The maximum atomic E-state index is 6.34. The quantitative estimate of drug-likeness (QED) is 0.848. The van der Waals surface area contributed by atoms with Crippen LogP contribution in [0.3, 0.4) is 0 Å². The molecule has 0 radical (unpaired) electrons. The van der Waals surface area contributed by atoms with Gasteiger partial charge in [-0.05, 0) is 43.9 Å². The number of rotatable bonds is 7. The largest absolute Gasteiger partial charge is 0.497 e. The van der Waals surface area contributed by atoms with Gasteiger partial charge in [0, 0.05) is 6.42 Å². The van der Waals surface area contributed by atoms with Crippen LogP contribution in [0.25, 0.3) is 0 Å². The predicted octanol–water partition coefficient (Wildman–Crippen LogP) is 2.84. The number of nitrogens with zero attached hydrogens (tertiary/aromatic N) is 2. The average molecular weight is 289 g/mol. The zero-order valence-corrected chi connectivity index (χ0v) is 12.9. The minimum atomic E-state index is -0.588. The fraction of sp³-hybridized carbons (Fsp3) is 0.500. The highest BCUT2D eigenvalue weighted by Gasteiger charge is 2.27. The average Bonchev–Trinajstić information content (AvgIpc) is 2.96. The molecule has 1 aromatic heterocycles. The van der Waals surface area contributed by atoms with E-state index in [0.29, 0.717) is 11.7 Å². The molecular weight excluding hydrogens is 266 g/mol. The fourth-order valence-corrected chi connectivity index (χ4v) is 2.11. The number of aryl methyl sites for hydroxylation is 2. The lowest BCUT2D eigenvalue weighted by atomic mass is 9.93. The van der Waals surface area contributed by atoms with Crippen LogP contribution in [0.4, 0.5) is 0 Å². The van der Waals surface area contributed by atoms with Crippen molar-refractivity contribution in [2.24, 2.45) is 5.73 Å². The second kappa shape index (κ2) is 6.72. The molecule has 0 amide bonds. The molecule has 0 fully saturated rings. The number of methoxy groups -OCH3 is 1. The number of aromatic nitrogens is 2. The van der Waals surface area contributed by atoms with Gasteiger partial charge in [0.15, 0.2) is 5.82 Å². The van der Waals surface area contributed by atoms with E-state index < -0.39 is 5.54 Å². The third-order valence-electron chi connectivity index (χ3n) is 3.53. The smallest absolute Gasteiger partial charge is 0.226 e. The van der Waals surface area contributed by atoms with Crippen LogP contribution in [0.2, 0.25) is 0 Å². The van der Waals surface area contributed by atoms with Gasteiger partial charge in [-0.25, -0.2) is 0 Å². The van der Waals surface area contributed by atoms with Crippen LogP contribution in [0, 0.1) is 0 Å². The maximum absolute atomic E-state index is 6.34. The Kier molecular flexibility index (Phi) is 4.96. The van der Waals surface area contributed by atoms with E-state index in [0.717, 1.165) is 31.4 Å². The zero-order valence-electron chi connectivity index (χ0n) is 12.9. The lowest BCUT2D eigenvalue weighted by Crippen LogP contribution is -2.35. The first-order valence-corrected chi connectivity index (χ1v) is 7.30. The Bertz CT molecular complexity index is 561. The van der Waals surface area contributed by atoms with Gasteiger partial charge in [-0.15, -0.1) is 0 Å². The summed E-state index contributed by atoms with van der Waals surface area (Å²) >= 11 is 0. The van der Waals surface area contributed by atoms with Gasteiger partial charge in [0.2, 0.25) is 5.89 Å². The number of hydrogen-bond donors (Lipinski definition) is 1. The first-order valence-electron chi connectivity index (χ1n) is 7.30. The van der Waals surface area contributed by atoms with Crippen LogP contribution in [0.15, 0.2) is 28.8 Å². The minimum absolute atomic E-state index is 0.583. The molecule has 0 bridgehead atoms. The molecule has 114 valence electrons. The normalized spacial score (nSPS) is 13.9. The molecule has 0 aliphatic heterocycles. The van der Waals surface area contributed by atoms with Gasteiger partial charge >= 0.3 is 0 Å². The van der Waals surface area contributed by atoms with Gasteiger partial charge in [0.25, 0.3) is 0 Å². The molecule has 2 aromatic rings. The first kappa shape index (κ1) is 15.5. The monoisotopic (exact) mass is 289 g/mol. The fourth-order valence-electron chi connectivity index (χ4n) is 2.11. The Morgan fingerprint density at radius 1 is 1.24 bits per heavy atom. The summed E-state index contributed by atoms with van der Waals surface area (Å²) in [5.74, 6) is 2.10. The summed E-state index contributed by atoms with van der Waals surface area (Å²) in [5, 5.41) is 4.02. The van der Waals surface area contributed by atoms with Crippen LogP contribution in [-0.2, 0) is 18.4 Å². The van der Waals surface area contributed by atoms with E-state index in [1.807, 2.05) is 31.2 Å². The van der Waals surface area contributed by atoms with Gasteiger partial charge < -0.3 is 15.0 Å². The van der Waals surface area contributed by atoms with Crippen molar-refractivity contribution >= 4 is 0 Å². The molecule has 0 spiro atoms. The number of ether oxygens (including phenoxy) is 1. The summed E-state index contributed by atoms with van der Waals surface area (Å²) in [6, 6.07) is 8.01. The molecule has 0 saturated carbocycles. The van der Waals surface area contributed by atoms with Crippen LogP contribution < -0.4 is 10.5 Å². The van der Waals surface area contributed by atoms with Crippen molar-refractivity contribution in [2.75, 3.05) is 7.11 Å². The van der Waals surface area contributed by atoms with Gasteiger partial charge in [-0.2, -0.15) is 4.98 Å². The molecule has 0 saturated heterocycles. The van der Waals surface area contributed by atoms with Crippen LogP contribution in [0.5, 0.6) is 5.75 Å². The summed E-state index contributed by atoms with van der Waals surface area (Å²) in [4.78, 5) is 4.39. The van der Waals surface area contributed by atoms with Crippen LogP contribution >= 0.6 is 0 Å². The van der Waals surface area contributed by atoms with Crippen molar-refractivity contribution in [1.29, 1.82) is 0 Å². The lowest BCUT2D eigenvalue weighted by molar-refractivity contribution is 0.347. The highest BCUT2D eigenvalue weighted by Crippen LogP contribution is 2.22. The summed E-state index contributed by atoms with van der Waals surface area (Å²) in [6.07, 6.45) is 3.38. The summed E-state index contributed by atoms with van der Waals surface area (Å²) < 4.78 is 10.4. The first-order chi connectivity index (χ1) is 10.0. The van der Waals surface area contributed by atoms with Gasteiger partial charge in [0.05, 0.1) is 12.6 Å². The second-order valence-corrected chi connectivity index (χ2v) is 5.53. The molecule has 21 heavy (non-hydrogen) atoms. The highest BCUT2D eigenvalue weighted by atomic mass is 16.5. The molecule has 1 heterocycles. The number of benzene rings is 1. The minimum Gasteiger partial charge on any atom is -0.497 e. The van der Waals surface area contributed by atoms with Gasteiger partial charge in [-0.1, -0.05) is 24.2 Å². The van der Waals surface area contributed by atoms with E-state index in [4.69, 9.17) is 15.0 Å². The zero-order chi connectivity index (χ0) is 15.3. The molecule has 0 aliphatic carbocycles. The SMILES string of the molecule is CCCc1nc(C(C)(N)CCc2ccc(OC)cc2)no1. The van der Waals surface area contributed by atoms with Crippen molar-refractivity contribution in [3.63, 3.8) is 0 Å². The molecule has 0 aliphatic rings. The number of hydrogen-bond acceptors (Lipinski definition) is 5. The van der Waals surface area contributed by atoms with Crippen molar-refractivity contribution in [3.8, 4) is 5.75 Å². The van der Waals surface area contributed by atoms with Gasteiger partial charge in [-0.3, -0.25) is 0 Å². The molecule has 1 atom stereocenters. The van der Waals surface area contributed by atoms with E-state index in [-0.39, 0.29) is 0 Å². The summed E-state index contributed by atoms with van der Waals surface area (Å²) in [5.41, 5.74) is 6.97. The summed E-state index contributed by atoms with van der Waals surface area (Å²) in [6.45, 7) is 4.02. The van der Waals surface area contributed by atoms with Crippen molar-refractivity contribution in [1.82, 2.24) is 10.1 Å². The van der Waals surface area contributed by atoms with Crippen LogP contribution in [-0.4, -0.2) is 17.3 Å². The molecule has 5 nitrogen and oxygen atoms in total. The lowest BCUT2D eigenvalue weighted by Gasteiger charge is -2.20. The van der Waals surface area contributed by atoms with E-state index in [2.05, 4.69) is 17.1 Å². The summed E-state index contributed by atoms with van der Waals surface area (Å²) in [7, 11) is 1.66. The Morgan fingerprint density at radius 3 is 2.57 bits per heavy atom. The molecule has 1 aromatic carbocycles. The third-order valence-corrected chi connectivity index (χ3v) is 3.53. The Morgan fingerprint density at radius 2 is 1.95 bits per heavy atom. The Hall–Kier alpha value is -1.88. The van der Waals surface area contributed by atoms with E-state index in [9.17, 15) is 0 Å². The van der Waals surface area contributed by atoms with E-state index in [1.54, 1.807) is 7.11 Å². The third kappa shape index (κ3) is 4.04. The second-order valence-electron chi connectivity index (χ2n) is 5.53. The van der Waals surface area contributed by atoms with E-state index in [1.165, 1.54) is 5.56 Å². The standard InChI is InChI=1S/C16H23N3O2/c1-4-5-14-18-15(19-21-14)16(2,17)11-10-12-6-8-13(20-3)9-7-12/h6-9H,4-5,10-11,17H2,1-3H3. The van der Waals surface area contributed by atoms with Crippen molar-refractivity contribution in [2.45, 2.75) is 45.1 Å². The van der Waals surface area contributed by atoms with Crippen molar-refractivity contribution in [3.05, 3.63) is 41.5 Å². The Balaban J connectivity index is 1.98. The molecular formula is C16H23N3O2. The maximum Gasteiger partial charge on any atom is 0.226 e. The molecule has 1 unspecified atom stereocenters. The van der Waals surface area contributed by atoms with Gasteiger partial charge in [0.1, 0.15) is 5.75 Å². The molecule has 2 N–H and O–H groups in total. The topological polar surface area (TPSA) is 74.2 Å². The van der Waals surface area contributed by atoms with Crippen LogP contribution in [0.1, 0.15) is 44.0 Å². The molecule has 5 heteroatoms. The van der Waals surface area contributed by atoms with Crippen molar-refractivity contribution < 1.29 is 9.26 Å².